The fraction of sp³-hybridized carbons (Fsp3) is 0.917. The quantitative estimate of drug-likeness (QED) is 0.719. The number of nitrogens with one attached hydrogen (secondary N) is 1. The summed E-state index contributed by atoms with van der Waals surface area (Å²) < 4.78 is 0. The molecule has 0 aromatic carbocycles. The lowest BCUT2D eigenvalue weighted by Crippen LogP contribution is -2.43. The molecule has 2 fully saturated rings. The van der Waals surface area contributed by atoms with Crippen molar-refractivity contribution in [3.05, 3.63) is 0 Å². The van der Waals surface area contributed by atoms with Gasteiger partial charge in [0.05, 0.1) is 12.2 Å². The van der Waals surface area contributed by atoms with Crippen molar-refractivity contribution < 1.29 is 4.79 Å². The Morgan fingerprint density at radius 1 is 1.33 bits per heavy atom. The second-order valence-corrected chi connectivity index (χ2v) is 4.90. The zero-order chi connectivity index (χ0) is 10.7. The number of hydrogen-bond acceptors (Lipinski definition) is 2. The highest BCUT2D eigenvalue weighted by atomic mass is 16.2. The molecule has 0 aromatic heterocycles. The molecule has 0 radical (unpaired) electrons. The first kappa shape index (κ1) is 10.9. The molecule has 1 aliphatic heterocycles. The van der Waals surface area contributed by atoms with Crippen molar-refractivity contribution in [2.75, 3.05) is 13.2 Å². The van der Waals surface area contributed by atoms with Crippen molar-refractivity contribution in [1.29, 1.82) is 0 Å². The lowest BCUT2D eigenvalue weighted by Gasteiger charge is -2.21. The third-order valence-electron chi connectivity index (χ3n) is 3.79. The van der Waals surface area contributed by atoms with Gasteiger partial charge in [-0.1, -0.05) is 32.6 Å². The third kappa shape index (κ3) is 2.03. The summed E-state index contributed by atoms with van der Waals surface area (Å²) in [4.78, 5) is 14.2. The average Bonchev–Trinajstić information content (AvgIpc) is 2.82. The summed E-state index contributed by atoms with van der Waals surface area (Å²) in [5.41, 5.74) is -0.147. The number of carbonyl (C=O) groups is 1. The summed E-state index contributed by atoms with van der Waals surface area (Å²) in [5.74, 6) is 0.371. The van der Waals surface area contributed by atoms with E-state index in [9.17, 15) is 4.79 Å². The van der Waals surface area contributed by atoms with Crippen LogP contribution in [0, 0.1) is 0 Å². The van der Waals surface area contributed by atoms with Gasteiger partial charge in [-0.2, -0.15) is 0 Å². The normalized spacial score (nSPS) is 24.3. The van der Waals surface area contributed by atoms with Crippen LogP contribution in [0.3, 0.4) is 0 Å². The van der Waals surface area contributed by atoms with Crippen LogP contribution in [0.1, 0.15) is 51.9 Å². The van der Waals surface area contributed by atoms with Crippen LogP contribution in [0.4, 0.5) is 0 Å². The molecule has 0 unspecified atom stereocenters. The van der Waals surface area contributed by atoms with Crippen LogP contribution in [0.2, 0.25) is 0 Å². The number of amides is 1. The Morgan fingerprint density at radius 2 is 2.07 bits per heavy atom. The molecule has 1 amide bonds. The summed E-state index contributed by atoms with van der Waals surface area (Å²) in [6.45, 7) is 3.92. The molecule has 0 atom stereocenters. The predicted octanol–water partition coefficient (Wildman–Crippen LogP) is 1.88. The van der Waals surface area contributed by atoms with Crippen molar-refractivity contribution in [3.8, 4) is 0 Å². The van der Waals surface area contributed by atoms with E-state index < -0.39 is 0 Å². The van der Waals surface area contributed by atoms with Gasteiger partial charge in [0, 0.05) is 6.54 Å². The molecular weight excluding hydrogens is 188 g/mol. The second-order valence-electron chi connectivity index (χ2n) is 4.90. The highest BCUT2D eigenvalue weighted by Crippen LogP contribution is 2.34. The van der Waals surface area contributed by atoms with Crippen LogP contribution >= 0.6 is 0 Å². The summed E-state index contributed by atoms with van der Waals surface area (Å²) in [6, 6.07) is 0. The highest BCUT2D eigenvalue weighted by Gasteiger charge is 2.47. The number of hydrogen-bond donors (Lipinski definition) is 1. The maximum atomic E-state index is 12.2. The van der Waals surface area contributed by atoms with Crippen LogP contribution in [0.15, 0.2) is 0 Å². The van der Waals surface area contributed by atoms with E-state index in [0.29, 0.717) is 5.91 Å². The van der Waals surface area contributed by atoms with Crippen molar-refractivity contribution in [3.63, 3.8) is 0 Å². The molecular formula is C12H22N2O. The number of nitrogens with zero attached hydrogens (tertiary/aromatic N) is 1. The summed E-state index contributed by atoms with van der Waals surface area (Å²) in [5, 5.41) is 3.44. The summed E-state index contributed by atoms with van der Waals surface area (Å²) in [7, 11) is 0. The van der Waals surface area contributed by atoms with E-state index in [1.165, 1.54) is 25.7 Å². The minimum Gasteiger partial charge on any atom is -0.328 e. The van der Waals surface area contributed by atoms with Gasteiger partial charge in [-0.25, -0.2) is 0 Å². The van der Waals surface area contributed by atoms with Crippen LogP contribution in [-0.4, -0.2) is 29.6 Å². The molecule has 2 aliphatic rings. The van der Waals surface area contributed by atoms with Gasteiger partial charge in [-0.3, -0.25) is 10.1 Å². The Bertz CT molecular complexity index is 234. The zero-order valence-corrected chi connectivity index (χ0v) is 9.72. The number of carbonyl (C=O) groups excluding carboxylic acids is 1. The van der Waals surface area contributed by atoms with Crippen molar-refractivity contribution in [2.45, 2.75) is 57.4 Å². The van der Waals surface area contributed by atoms with E-state index in [1.54, 1.807) is 0 Å². The van der Waals surface area contributed by atoms with Crippen LogP contribution in [0.5, 0.6) is 0 Å². The van der Waals surface area contributed by atoms with Gasteiger partial charge in [-0.05, 0) is 19.3 Å². The lowest BCUT2D eigenvalue weighted by molar-refractivity contribution is -0.132. The van der Waals surface area contributed by atoms with E-state index in [4.69, 9.17) is 0 Å². The van der Waals surface area contributed by atoms with Gasteiger partial charge in [-0.15, -0.1) is 0 Å². The summed E-state index contributed by atoms with van der Waals surface area (Å²) in [6.07, 6.45) is 8.13. The van der Waals surface area contributed by atoms with Crippen LogP contribution in [-0.2, 0) is 4.79 Å². The van der Waals surface area contributed by atoms with E-state index >= 15 is 0 Å². The lowest BCUT2D eigenvalue weighted by atomic mass is 9.98. The molecule has 0 bridgehead atoms. The molecule has 3 nitrogen and oxygen atoms in total. The molecule has 1 spiro atoms. The van der Waals surface area contributed by atoms with Crippen LogP contribution in [0.25, 0.3) is 0 Å². The SMILES string of the molecule is CCCCCN1CNC2(CCCC2)C1=O. The second kappa shape index (κ2) is 4.52. The zero-order valence-electron chi connectivity index (χ0n) is 9.72. The first-order valence-electron chi connectivity index (χ1n) is 6.33. The number of unbranched alkanes of at least 4 members (excludes halogenated alkanes) is 2. The van der Waals surface area contributed by atoms with E-state index in [2.05, 4.69) is 12.2 Å². The van der Waals surface area contributed by atoms with Crippen molar-refractivity contribution in [2.24, 2.45) is 0 Å². The first-order valence-corrected chi connectivity index (χ1v) is 6.33. The molecule has 1 saturated heterocycles. The van der Waals surface area contributed by atoms with E-state index in [0.717, 1.165) is 32.5 Å². The van der Waals surface area contributed by atoms with E-state index in [1.807, 2.05) is 4.90 Å². The Morgan fingerprint density at radius 3 is 2.73 bits per heavy atom. The van der Waals surface area contributed by atoms with Crippen molar-refractivity contribution in [1.82, 2.24) is 10.2 Å². The molecule has 3 heteroatoms. The summed E-state index contributed by atoms with van der Waals surface area (Å²) >= 11 is 0. The maximum Gasteiger partial charge on any atom is 0.243 e. The molecule has 2 rings (SSSR count). The number of rotatable bonds is 4. The van der Waals surface area contributed by atoms with Crippen molar-refractivity contribution >= 4 is 5.91 Å². The minimum atomic E-state index is -0.147. The molecule has 0 aromatic rings. The molecule has 1 saturated carbocycles. The monoisotopic (exact) mass is 210 g/mol. The fourth-order valence-corrected chi connectivity index (χ4v) is 2.80. The average molecular weight is 210 g/mol. The Hall–Kier alpha value is -0.570. The largest absolute Gasteiger partial charge is 0.328 e. The van der Waals surface area contributed by atoms with Gasteiger partial charge in [0.15, 0.2) is 0 Å². The van der Waals surface area contributed by atoms with Crippen LogP contribution < -0.4 is 5.32 Å². The fourth-order valence-electron chi connectivity index (χ4n) is 2.80. The van der Waals surface area contributed by atoms with Gasteiger partial charge >= 0.3 is 0 Å². The highest BCUT2D eigenvalue weighted by molar-refractivity contribution is 5.88. The van der Waals surface area contributed by atoms with Gasteiger partial charge < -0.3 is 4.90 Å². The van der Waals surface area contributed by atoms with Gasteiger partial charge in [0.2, 0.25) is 5.91 Å². The predicted molar refractivity (Wildman–Crippen MR) is 60.4 cm³/mol. The van der Waals surface area contributed by atoms with Gasteiger partial charge in [0.25, 0.3) is 0 Å². The molecule has 1 N–H and O–H groups in total. The minimum absolute atomic E-state index is 0.147. The standard InChI is InChI=1S/C12H22N2O/c1-2-3-6-9-14-10-13-12(11(14)15)7-4-5-8-12/h13H,2-10H2,1H3. The Balaban J connectivity index is 1.86. The molecule has 15 heavy (non-hydrogen) atoms. The smallest absolute Gasteiger partial charge is 0.243 e. The molecule has 1 heterocycles. The first-order chi connectivity index (χ1) is 7.28. The Kier molecular flexibility index (Phi) is 3.29. The maximum absolute atomic E-state index is 12.2. The van der Waals surface area contributed by atoms with E-state index in [-0.39, 0.29) is 5.54 Å². The molecule has 1 aliphatic carbocycles. The Labute approximate surface area is 92.2 Å². The third-order valence-corrected chi connectivity index (χ3v) is 3.79. The van der Waals surface area contributed by atoms with Gasteiger partial charge in [0.1, 0.15) is 0 Å². The topological polar surface area (TPSA) is 32.3 Å². The molecule has 86 valence electrons.